The van der Waals surface area contributed by atoms with Crippen molar-refractivity contribution in [2.75, 3.05) is 19.1 Å². The van der Waals surface area contributed by atoms with Crippen LogP contribution in [0.4, 0.5) is 8.78 Å². The fraction of sp³-hybridized carbons (Fsp3) is 0.571. The second-order valence-electron chi connectivity index (χ2n) is 4.39. The molecule has 3 nitrogen and oxygen atoms in total. The normalized spacial score (nSPS) is 12.5. The van der Waals surface area contributed by atoms with E-state index in [4.69, 9.17) is 4.74 Å². The van der Waals surface area contributed by atoms with Crippen LogP contribution in [0.15, 0.2) is 18.2 Å². The van der Waals surface area contributed by atoms with E-state index in [1.54, 1.807) is 30.0 Å². The molecule has 1 unspecified atom stereocenters. The van der Waals surface area contributed by atoms with Crippen LogP contribution in [-0.2, 0) is 6.54 Å². The van der Waals surface area contributed by atoms with Crippen molar-refractivity contribution in [2.45, 2.75) is 32.5 Å². The third-order valence-electron chi connectivity index (χ3n) is 2.88. The minimum absolute atomic E-state index is 0.106. The molecule has 0 aromatic heterocycles. The lowest BCUT2D eigenvalue weighted by atomic mass is 10.1. The number of benzene rings is 1. The predicted octanol–water partition coefficient (Wildman–Crippen LogP) is 3.53. The molecule has 0 aliphatic carbocycles. The van der Waals surface area contributed by atoms with Gasteiger partial charge in [0.1, 0.15) is 0 Å². The number of halogens is 2. The van der Waals surface area contributed by atoms with E-state index in [0.29, 0.717) is 23.9 Å². The summed E-state index contributed by atoms with van der Waals surface area (Å²) in [6, 6.07) is 5.45. The largest absolute Gasteiger partial charge is 0.493 e. The number of hydrogen-bond donors (Lipinski definition) is 1. The Morgan fingerprint density at radius 2 is 2.10 bits per heavy atom. The molecule has 0 saturated heterocycles. The van der Waals surface area contributed by atoms with Crippen molar-refractivity contribution in [3.8, 4) is 11.5 Å². The molecule has 1 aromatic rings. The van der Waals surface area contributed by atoms with E-state index in [0.717, 1.165) is 12.2 Å². The first-order valence-electron chi connectivity index (χ1n) is 6.41. The van der Waals surface area contributed by atoms with Gasteiger partial charge in [0.25, 0.3) is 0 Å². The van der Waals surface area contributed by atoms with E-state index in [2.05, 4.69) is 23.2 Å². The summed E-state index contributed by atoms with van der Waals surface area (Å²) in [5, 5.41) is 3.30. The molecule has 0 fully saturated rings. The maximum atomic E-state index is 12.5. The number of ether oxygens (including phenoxy) is 2. The summed E-state index contributed by atoms with van der Waals surface area (Å²) >= 11 is 1.79. The van der Waals surface area contributed by atoms with Gasteiger partial charge in [-0.2, -0.15) is 20.5 Å². The standard InChI is InChI=1S/C14H21F2NO2S/c1-10(7-8-20-3)17-9-11-5-4-6-12(18-2)13(11)19-14(15)16/h4-6,10,14,17H,7-9H2,1-3H3. The Kier molecular flexibility index (Phi) is 7.69. The SMILES string of the molecule is COc1cccc(CNC(C)CCSC)c1OC(F)F. The Morgan fingerprint density at radius 1 is 1.35 bits per heavy atom. The number of nitrogens with one attached hydrogen (secondary N) is 1. The van der Waals surface area contributed by atoms with Crippen LogP contribution in [0.25, 0.3) is 0 Å². The van der Waals surface area contributed by atoms with E-state index in [-0.39, 0.29) is 5.75 Å². The maximum absolute atomic E-state index is 12.5. The van der Waals surface area contributed by atoms with Gasteiger partial charge in [-0.3, -0.25) is 0 Å². The lowest BCUT2D eigenvalue weighted by Crippen LogP contribution is -2.26. The van der Waals surface area contributed by atoms with Gasteiger partial charge < -0.3 is 14.8 Å². The summed E-state index contributed by atoms with van der Waals surface area (Å²) in [6.07, 6.45) is 3.08. The molecule has 0 bridgehead atoms. The zero-order valence-electron chi connectivity index (χ0n) is 12.0. The van der Waals surface area contributed by atoms with Crippen molar-refractivity contribution in [1.29, 1.82) is 0 Å². The van der Waals surface area contributed by atoms with Gasteiger partial charge in [-0.05, 0) is 31.4 Å². The second-order valence-corrected chi connectivity index (χ2v) is 5.38. The van der Waals surface area contributed by atoms with E-state index < -0.39 is 6.61 Å². The summed E-state index contributed by atoms with van der Waals surface area (Å²) in [6.45, 7) is -0.322. The van der Waals surface area contributed by atoms with E-state index in [1.165, 1.54) is 7.11 Å². The molecule has 0 heterocycles. The molecule has 0 spiro atoms. The first-order chi connectivity index (χ1) is 9.58. The van der Waals surface area contributed by atoms with Gasteiger partial charge in [-0.25, -0.2) is 0 Å². The van der Waals surface area contributed by atoms with Crippen LogP contribution < -0.4 is 14.8 Å². The van der Waals surface area contributed by atoms with Gasteiger partial charge in [0.2, 0.25) is 0 Å². The molecule has 1 aromatic carbocycles. The fourth-order valence-electron chi connectivity index (χ4n) is 1.76. The zero-order valence-corrected chi connectivity index (χ0v) is 12.8. The molecule has 0 saturated carbocycles. The molecule has 0 amide bonds. The summed E-state index contributed by atoms with van der Waals surface area (Å²) in [5.41, 5.74) is 0.667. The fourth-order valence-corrected chi connectivity index (χ4v) is 2.35. The smallest absolute Gasteiger partial charge is 0.387 e. The van der Waals surface area contributed by atoms with Gasteiger partial charge in [0.05, 0.1) is 7.11 Å². The average Bonchev–Trinajstić information content (AvgIpc) is 2.43. The second kappa shape index (κ2) is 9.02. The lowest BCUT2D eigenvalue weighted by Gasteiger charge is -2.17. The van der Waals surface area contributed by atoms with Crippen molar-refractivity contribution in [1.82, 2.24) is 5.32 Å². The molecule has 114 valence electrons. The highest BCUT2D eigenvalue weighted by atomic mass is 32.2. The number of hydrogen-bond acceptors (Lipinski definition) is 4. The minimum Gasteiger partial charge on any atom is -0.493 e. The van der Waals surface area contributed by atoms with Crippen LogP contribution in [0.5, 0.6) is 11.5 Å². The van der Waals surface area contributed by atoms with Crippen molar-refractivity contribution >= 4 is 11.8 Å². The van der Waals surface area contributed by atoms with Crippen molar-refractivity contribution in [3.63, 3.8) is 0 Å². The average molecular weight is 305 g/mol. The summed E-state index contributed by atoms with van der Waals surface area (Å²) < 4.78 is 34.6. The number of rotatable bonds is 9. The highest BCUT2D eigenvalue weighted by Gasteiger charge is 2.15. The monoisotopic (exact) mass is 305 g/mol. The highest BCUT2D eigenvalue weighted by molar-refractivity contribution is 7.98. The van der Waals surface area contributed by atoms with Gasteiger partial charge in [0, 0.05) is 18.2 Å². The van der Waals surface area contributed by atoms with Crippen LogP contribution in [-0.4, -0.2) is 31.8 Å². The Labute approximate surface area is 123 Å². The van der Waals surface area contributed by atoms with Crippen molar-refractivity contribution in [2.24, 2.45) is 0 Å². The Bertz CT molecular complexity index is 405. The van der Waals surface area contributed by atoms with Gasteiger partial charge in [0.15, 0.2) is 11.5 Å². The molecular weight excluding hydrogens is 284 g/mol. The number of methoxy groups -OCH3 is 1. The number of para-hydroxylation sites is 1. The third kappa shape index (κ3) is 5.54. The molecule has 0 aliphatic rings. The van der Waals surface area contributed by atoms with Crippen molar-refractivity contribution in [3.05, 3.63) is 23.8 Å². The van der Waals surface area contributed by atoms with Crippen LogP contribution >= 0.6 is 11.8 Å². The first kappa shape index (κ1) is 17.0. The highest BCUT2D eigenvalue weighted by Crippen LogP contribution is 2.32. The lowest BCUT2D eigenvalue weighted by molar-refractivity contribution is -0.0518. The third-order valence-corrected chi connectivity index (χ3v) is 3.53. The zero-order chi connectivity index (χ0) is 15.0. The van der Waals surface area contributed by atoms with E-state index in [9.17, 15) is 8.78 Å². The van der Waals surface area contributed by atoms with Crippen molar-refractivity contribution < 1.29 is 18.3 Å². The van der Waals surface area contributed by atoms with E-state index in [1.807, 2.05) is 0 Å². The van der Waals surface area contributed by atoms with Crippen LogP contribution in [0.2, 0.25) is 0 Å². The summed E-state index contributed by atoms with van der Waals surface area (Å²) in [5.74, 6) is 1.49. The number of thioether (sulfide) groups is 1. The first-order valence-corrected chi connectivity index (χ1v) is 7.80. The quantitative estimate of drug-likeness (QED) is 0.756. The molecule has 20 heavy (non-hydrogen) atoms. The van der Waals surface area contributed by atoms with Crippen LogP contribution in [0.1, 0.15) is 18.9 Å². The van der Waals surface area contributed by atoms with Gasteiger partial charge in [-0.1, -0.05) is 12.1 Å². The van der Waals surface area contributed by atoms with Crippen LogP contribution in [0, 0.1) is 0 Å². The Morgan fingerprint density at radius 3 is 2.70 bits per heavy atom. The molecule has 1 rings (SSSR count). The molecule has 0 radical (unpaired) electrons. The minimum atomic E-state index is -2.86. The Hall–Kier alpha value is -1.01. The molecule has 6 heteroatoms. The van der Waals surface area contributed by atoms with Gasteiger partial charge in [-0.15, -0.1) is 0 Å². The summed E-state index contributed by atoms with van der Waals surface area (Å²) in [7, 11) is 1.44. The topological polar surface area (TPSA) is 30.5 Å². The molecular formula is C14H21F2NO2S. The van der Waals surface area contributed by atoms with Gasteiger partial charge >= 0.3 is 6.61 Å². The maximum Gasteiger partial charge on any atom is 0.387 e. The number of alkyl halides is 2. The predicted molar refractivity (Wildman–Crippen MR) is 78.9 cm³/mol. The van der Waals surface area contributed by atoms with Crippen LogP contribution in [0.3, 0.4) is 0 Å². The van der Waals surface area contributed by atoms with E-state index >= 15 is 0 Å². The molecule has 1 N–H and O–H groups in total. The Balaban J connectivity index is 2.72. The molecule has 0 aliphatic heterocycles. The summed E-state index contributed by atoms with van der Waals surface area (Å²) in [4.78, 5) is 0. The molecule has 1 atom stereocenters.